The lowest BCUT2D eigenvalue weighted by atomic mass is 10.3. The van der Waals surface area contributed by atoms with Crippen molar-refractivity contribution in [3.05, 3.63) is 56.6 Å². The van der Waals surface area contributed by atoms with Gasteiger partial charge in [0.15, 0.2) is 5.75 Å². The van der Waals surface area contributed by atoms with E-state index in [-0.39, 0.29) is 32.8 Å². The molecular formula is C18H14Cl4F3NO3. The second-order valence-electron chi connectivity index (χ2n) is 5.48. The first-order chi connectivity index (χ1) is 13.6. The summed E-state index contributed by atoms with van der Waals surface area (Å²) >= 11 is 23.4. The van der Waals surface area contributed by atoms with Crippen LogP contribution in [0.1, 0.15) is 18.9 Å². The molecule has 11 heteroatoms. The Bertz CT molecular complexity index is 833. The van der Waals surface area contributed by atoms with Crippen molar-refractivity contribution in [3.63, 3.8) is 0 Å². The van der Waals surface area contributed by atoms with Crippen LogP contribution in [0.5, 0.6) is 17.4 Å². The summed E-state index contributed by atoms with van der Waals surface area (Å²) in [5.74, 6) is 0.448. The summed E-state index contributed by atoms with van der Waals surface area (Å²) < 4.78 is 54.4. The number of aromatic nitrogens is 1. The fourth-order valence-electron chi connectivity index (χ4n) is 2.01. The average Bonchev–Trinajstić information content (AvgIpc) is 2.63. The van der Waals surface area contributed by atoms with Crippen LogP contribution < -0.4 is 14.2 Å². The summed E-state index contributed by atoms with van der Waals surface area (Å²) in [5.41, 5.74) is -0.884. The van der Waals surface area contributed by atoms with Gasteiger partial charge in [-0.05, 0) is 12.1 Å². The highest BCUT2D eigenvalue weighted by atomic mass is 35.5. The second kappa shape index (κ2) is 10.5. The normalized spacial score (nSPS) is 12.3. The standard InChI is InChI=1S/C18H14Cl4F3NO3/c1-2-16(28-15-4-3-10(9-26-15)18(23,24)25)29-17-12(19)7-11(8-13(17)20)27-6-5-14(21)22/h3-5,7-9,16H,2,6H2,1H3. The van der Waals surface area contributed by atoms with Gasteiger partial charge in [0.2, 0.25) is 12.2 Å². The number of pyridine rings is 1. The molecule has 0 amide bonds. The van der Waals surface area contributed by atoms with Crippen LogP contribution in [0.2, 0.25) is 10.0 Å². The highest BCUT2D eigenvalue weighted by Crippen LogP contribution is 2.38. The van der Waals surface area contributed by atoms with Gasteiger partial charge < -0.3 is 14.2 Å². The summed E-state index contributed by atoms with van der Waals surface area (Å²) in [4.78, 5) is 3.65. The zero-order valence-corrected chi connectivity index (χ0v) is 17.8. The lowest BCUT2D eigenvalue weighted by Gasteiger charge is -2.20. The summed E-state index contributed by atoms with van der Waals surface area (Å²) in [6.07, 6.45) is -2.92. The molecule has 0 bridgehead atoms. The number of hydrogen-bond acceptors (Lipinski definition) is 4. The Morgan fingerprint density at radius 2 is 1.79 bits per heavy atom. The van der Waals surface area contributed by atoms with Crippen LogP contribution in [0.15, 0.2) is 41.0 Å². The molecule has 1 aromatic heterocycles. The zero-order chi connectivity index (χ0) is 21.6. The van der Waals surface area contributed by atoms with E-state index in [9.17, 15) is 13.2 Å². The van der Waals surface area contributed by atoms with Gasteiger partial charge in [0.05, 0.1) is 15.6 Å². The molecule has 2 aromatic rings. The Morgan fingerprint density at radius 1 is 1.14 bits per heavy atom. The number of hydrogen-bond donors (Lipinski definition) is 0. The molecule has 0 saturated heterocycles. The van der Waals surface area contributed by atoms with E-state index in [2.05, 4.69) is 4.98 Å². The van der Waals surface area contributed by atoms with Crippen molar-refractivity contribution >= 4 is 46.4 Å². The lowest BCUT2D eigenvalue weighted by Crippen LogP contribution is -2.23. The molecule has 0 aliphatic carbocycles. The van der Waals surface area contributed by atoms with Gasteiger partial charge in [-0.15, -0.1) is 0 Å². The van der Waals surface area contributed by atoms with Gasteiger partial charge in [-0.25, -0.2) is 4.98 Å². The molecule has 1 unspecified atom stereocenters. The van der Waals surface area contributed by atoms with Crippen LogP contribution >= 0.6 is 46.4 Å². The largest absolute Gasteiger partial charge is 0.489 e. The number of rotatable bonds is 8. The van der Waals surface area contributed by atoms with Crippen molar-refractivity contribution < 1.29 is 27.4 Å². The van der Waals surface area contributed by atoms with Crippen LogP contribution in [0.4, 0.5) is 13.2 Å². The molecule has 0 aliphatic heterocycles. The third kappa shape index (κ3) is 7.33. The van der Waals surface area contributed by atoms with Crippen molar-refractivity contribution in [2.75, 3.05) is 6.61 Å². The van der Waals surface area contributed by atoms with E-state index in [4.69, 9.17) is 60.6 Å². The van der Waals surface area contributed by atoms with Crippen LogP contribution in [-0.4, -0.2) is 17.9 Å². The Kier molecular flexibility index (Phi) is 8.58. The van der Waals surface area contributed by atoms with Crippen molar-refractivity contribution in [2.45, 2.75) is 25.8 Å². The van der Waals surface area contributed by atoms with Gasteiger partial charge in [-0.2, -0.15) is 13.2 Å². The fraction of sp³-hybridized carbons (Fsp3) is 0.278. The summed E-state index contributed by atoms with van der Waals surface area (Å²) in [7, 11) is 0. The first-order valence-corrected chi connectivity index (χ1v) is 9.61. The number of nitrogens with zero attached hydrogens (tertiary/aromatic N) is 1. The molecule has 0 fully saturated rings. The number of ether oxygens (including phenoxy) is 3. The number of benzene rings is 1. The molecule has 0 saturated carbocycles. The Labute approximate surface area is 185 Å². The summed E-state index contributed by atoms with van der Waals surface area (Å²) in [5, 5.41) is 0.298. The van der Waals surface area contributed by atoms with E-state index in [0.717, 1.165) is 12.1 Å². The summed E-state index contributed by atoms with van der Waals surface area (Å²) in [6, 6.07) is 4.91. The van der Waals surface area contributed by atoms with Crippen LogP contribution in [-0.2, 0) is 6.18 Å². The highest BCUT2D eigenvalue weighted by molar-refractivity contribution is 6.55. The minimum Gasteiger partial charge on any atom is -0.489 e. The maximum atomic E-state index is 12.6. The van der Waals surface area contributed by atoms with Crippen LogP contribution in [0.3, 0.4) is 0 Å². The van der Waals surface area contributed by atoms with Gasteiger partial charge in [-0.3, -0.25) is 0 Å². The van der Waals surface area contributed by atoms with Crippen molar-refractivity contribution in [1.82, 2.24) is 4.98 Å². The van der Waals surface area contributed by atoms with Gasteiger partial charge in [-0.1, -0.05) is 53.3 Å². The van der Waals surface area contributed by atoms with Crippen molar-refractivity contribution in [3.8, 4) is 17.4 Å². The van der Waals surface area contributed by atoms with E-state index in [1.54, 1.807) is 6.92 Å². The molecule has 29 heavy (non-hydrogen) atoms. The third-order valence-electron chi connectivity index (χ3n) is 3.36. The molecule has 0 aliphatic rings. The maximum absolute atomic E-state index is 12.6. The molecule has 0 N–H and O–H groups in total. The van der Waals surface area contributed by atoms with Gasteiger partial charge in [0, 0.05) is 30.8 Å². The van der Waals surface area contributed by atoms with E-state index in [1.165, 1.54) is 18.2 Å². The Balaban J connectivity index is 2.09. The van der Waals surface area contributed by atoms with E-state index in [0.29, 0.717) is 18.4 Å². The zero-order valence-electron chi connectivity index (χ0n) is 14.8. The topological polar surface area (TPSA) is 40.6 Å². The van der Waals surface area contributed by atoms with E-state index in [1.807, 2.05) is 0 Å². The molecule has 1 atom stereocenters. The molecule has 0 spiro atoms. The first-order valence-electron chi connectivity index (χ1n) is 8.09. The molecule has 1 heterocycles. The average molecular weight is 491 g/mol. The molecule has 4 nitrogen and oxygen atoms in total. The molecular weight excluding hydrogens is 477 g/mol. The molecule has 158 valence electrons. The number of halogens is 7. The predicted molar refractivity (Wildman–Crippen MR) is 106 cm³/mol. The van der Waals surface area contributed by atoms with Gasteiger partial charge in [0.25, 0.3) is 0 Å². The maximum Gasteiger partial charge on any atom is 0.417 e. The van der Waals surface area contributed by atoms with Gasteiger partial charge >= 0.3 is 6.18 Å². The SMILES string of the molecule is CCC(Oc1ccc(C(F)(F)F)cn1)Oc1c(Cl)cc(OCC=C(Cl)Cl)cc1Cl. The van der Waals surface area contributed by atoms with Gasteiger partial charge in [0.1, 0.15) is 16.8 Å². The molecule has 2 rings (SSSR count). The van der Waals surface area contributed by atoms with Crippen LogP contribution in [0.25, 0.3) is 0 Å². The monoisotopic (exact) mass is 489 g/mol. The van der Waals surface area contributed by atoms with Crippen molar-refractivity contribution in [1.29, 1.82) is 0 Å². The quantitative estimate of drug-likeness (QED) is 0.364. The Hall–Kier alpha value is -1.54. The van der Waals surface area contributed by atoms with E-state index >= 15 is 0 Å². The van der Waals surface area contributed by atoms with Crippen molar-refractivity contribution in [2.24, 2.45) is 0 Å². The summed E-state index contributed by atoms with van der Waals surface area (Å²) in [6.45, 7) is 1.85. The smallest absolute Gasteiger partial charge is 0.417 e. The second-order valence-corrected chi connectivity index (χ2v) is 7.30. The third-order valence-corrected chi connectivity index (χ3v) is 4.23. The first kappa shape index (κ1) is 23.7. The highest BCUT2D eigenvalue weighted by Gasteiger charge is 2.31. The minimum atomic E-state index is -4.48. The minimum absolute atomic E-state index is 0.0400. The fourth-order valence-corrected chi connectivity index (χ4v) is 2.69. The number of alkyl halides is 3. The predicted octanol–water partition coefficient (Wildman–Crippen LogP) is 7.30. The molecule has 0 radical (unpaired) electrons. The van der Waals surface area contributed by atoms with E-state index < -0.39 is 18.0 Å². The Morgan fingerprint density at radius 3 is 2.28 bits per heavy atom. The molecule has 1 aromatic carbocycles. The lowest BCUT2D eigenvalue weighted by molar-refractivity contribution is -0.137. The van der Waals surface area contributed by atoms with Crippen LogP contribution in [0, 0.1) is 0 Å².